The first-order valence-electron chi connectivity index (χ1n) is 5.81. The Balaban J connectivity index is 2.65. The Morgan fingerprint density at radius 3 is 2.50 bits per heavy atom. The van der Waals surface area contributed by atoms with Gasteiger partial charge < -0.3 is 10.0 Å². The zero-order valence-electron chi connectivity index (χ0n) is 10.7. The van der Waals surface area contributed by atoms with Gasteiger partial charge in [-0.2, -0.15) is 0 Å². The molecule has 0 aromatic heterocycles. The summed E-state index contributed by atoms with van der Waals surface area (Å²) in [5.41, 5.74) is 0.805. The molecule has 0 aliphatic carbocycles. The number of allylic oxidation sites excluding steroid dienone is 1. The molecule has 0 aliphatic heterocycles. The molecule has 1 rings (SSSR count). The number of benzene rings is 1. The minimum absolute atomic E-state index is 0.0126. The van der Waals surface area contributed by atoms with Crippen LogP contribution in [-0.2, 0) is 4.79 Å². The van der Waals surface area contributed by atoms with Gasteiger partial charge in [0.25, 0.3) is 0 Å². The van der Waals surface area contributed by atoms with E-state index in [1.807, 2.05) is 6.92 Å². The van der Waals surface area contributed by atoms with Crippen LogP contribution >= 0.6 is 11.6 Å². The highest BCUT2D eigenvalue weighted by Gasteiger charge is 2.18. The van der Waals surface area contributed by atoms with E-state index in [-0.39, 0.29) is 17.6 Å². The van der Waals surface area contributed by atoms with Gasteiger partial charge in [-0.3, -0.25) is 4.79 Å². The molecule has 98 valence electrons. The third-order valence-electron chi connectivity index (χ3n) is 2.83. The van der Waals surface area contributed by atoms with E-state index in [4.69, 9.17) is 16.7 Å². The van der Waals surface area contributed by atoms with Crippen LogP contribution in [0, 0.1) is 5.92 Å². The van der Waals surface area contributed by atoms with E-state index in [1.54, 1.807) is 36.2 Å². The maximum absolute atomic E-state index is 12.1. The molecule has 1 aromatic carbocycles. The van der Waals surface area contributed by atoms with E-state index in [0.717, 1.165) is 5.69 Å². The summed E-state index contributed by atoms with van der Waals surface area (Å²) in [4.78, 5) is 13.7. The fraction of sp³-hybridized carbons (Fsp3) is 0.357. The normalized spacial score (nSPS) is 11.9. The molecule has 0 radical (unpaired) electrons. The molecule has 0 fully saturated rings. The first-order chi connectivity index (χ1) is 8.41. The number of carbonyl (C=O) groups is 1. The van der Waals surface area contributed by atoms with Gasteiger partial charge in [0.1, 0.15) is 0 Å². The Kier molecular flexibility index (Phi) is 5.23. The SMILES string of the molecule is C=C(O)CCC(C)C(=O)N(C)c1ccc(Cl)cc1. The largest absolute Gasteiger partial charge is 0.513 e. The summed E-state index contributed by atoms with van der Waals surface area (Å²) >= 11 is 5.80. The zero-order valence-corrected chi connectivity index (χ0v) is 11.4. The summed E-state index contributed by atoms with van der Waals surface area (Å²) in [6.45, 7) is 5.26. The van der Waals surface area contributed by atoms with Gasteiger partial charge in [0.2, 0.25) is 5.91 Å². The second-order valence-corrected chi connectivity index (χ2v) is 4.82. The second kappa shape index (κ2) is 6.45. The van der Waals surface area contributed by atoms with E-state index < -0.39 is 0 Å². The third-order valence-corrected chi connectivity index (χ3v) is 3.08. The molecule has 0 spiro atoms. The van der Waals surface area contributed by atoms with Crippen LogP contribution in [0.1, 0.15) is 19.8 Å². The van der Waals surface area contributed by atoms with E-state index in [2.05, 4.69) is 6.58 Å². The standard InChI is InChI=1S/C14H18ClNO2/c1-10(4-5-11(2)17)14(18)16(3)13-8-6-12(15)7-9-13/h6-10,17H,2,4-5H2,1,3H3. The number of carbonyl (C=O) groups excluding carboxylic acids is 1. The Labute approximate surface area is 113 Å². The number of amides is 1. The summed E-state index contributed by atoms with van der Waals surface area (Å²) in [6, 6.07) is 7.11. The van der Waals surface area contributed by atoms with E-state index in [9.17, 15) is 4.79 Å². The molecule has 3 nitrogen and oxygen atoms in total. The van der Waals surface area contributed by atoms with Crippen molar-refractivity contribution >= 4 is 23.2 Å². The smallest absolute Gasteiger partial charge is 0.229 e. The van der Waals surface area contributed by atoms with Crippen molar-refractivity contribution in [2.45, 2.75) is 19.8 Å². The lowest BCUT2D eigenvalue weighted by Gasteiger charge is -2.21. The molecule has 0 saturated carbocycles. The average Bonchev–Trinajstić information content (AvgIpc) is 2.35. The number of nitrogens with zero attached hydrogens (tertiary/aromatic N) is 1. The molecule has 1 N–H and O–H groups in total. The fourth-order valence-corrected chi connectivity index (χ4v) is 1.76. The highest BCUT2D eigenvalue weighted by atomic mass is 35.5. The number of aliphatic hydroxyl groups is 1. The Morgan fingerprint density at radius 1 is 1.44 bits per heavy atom. The molecule has 0 bridgehead atoms. The second-order valence-electron chi connectivity index (χ2n) is 4.38. The molecule has 0 heterocycles. The number of anilines is 1. The molecule has 18 heavy (non-hydrogen) atoms. The van der Waals surface area contributed by atoms with Gasteiger partial charge in [-0.15, -0.1) is 0 Å². The Bertz CT molecular complexity index is 428. The Morgan fingerprint density at radius 2 is 2.00 bits per heavy atom. The highest BCUT2D eigenvalue weighted by molar-refractivity contribution is 6.30. The summed E-state index contributed by atoms with van der Waals surface area (Å²) < 4.78 is 0. The number of aliphatic hydroxyl groups excluding tert-OH is 1. The molecule has 1 unspecified atom stereocenters. The lowest BCUT2D eigenvalue weighted by atomic mass is 10.0. The van der Waals surface area contributed by atoms with Crippen molar-refractivity contribution in [3.8, 4) is 0 Å². The van der Waals surface area contributed by atoms with Crippen molar-refractivity contribution < 1.29 is 9.90 Å². The van der Waals surface area contributed by atoms with Gasteiger partial charge >= 0.3 is 0 Å². The van der Waals surface area contributed by atoms with E-state index in [1.165, 1.54) is 0 Å². The van der Waals surface area contributed by atoms with Gasteiger partial charge in [-0.05, 0) is 30.7 Å². The lowest BCUT2D eigenvalue weighted by Crippen LogP contribution is -2.31. The molecule has 0 aliphatic rings. The maximum atomic E-state index is 12.1. The summed E-state index contributed by atoms with van der Waals surface area (Å²) in [7, 11) is 1.73. The minimum atomic E-state index is -0.158. The average molecular weight is 268 g/mol. The van der Waals surface area contributed by atoms with Crippen molar-refractivity contribution in [3.05, 3.63) is 41.6 Å². The first-order valence-corrected chi connectivity index (χ1v) is 6.19. The van der Waals surface area contributed by atoms with Crippen LogP contribution in [0.15, 0.2) is 36.6 Å². The fourth-order valence-electron chi connectivity index (χ4n) is 1.63. The van der Waals surface area contributed by atoms with Crippen molar-refractivity contribution in [1.29, 1.82) is 0 Å². The van der Waals surface area contributed by atoms with Gasteiger partial charge in [0, 0.05) is 30.1 Å². The number of hydrogen-bond acceptors (Lipinski definition) is 2. The van der Waals surface area contributed by atoms with Crippen LogP contribution in [0.3, 0.4) is 0 Å². The van der Waals surface area contributed by atoms with Crippen LogP contribution in [0.25, 0.3) is 0 Å². The van der Waals surface area contributed by atoms with Crippen molar-refractivity contribution in [3.63, 3.8) is 0 Å². The predicted molar refractivity (Wildman–Crippen MR) is 75.0 cm³/mol. The van der Waals surface area contributed by atoms with Gasteiger partial charge in [0.05, 0.1) is 5.76 Å². The maximum Gasteiger partial charge on any atom is 0.229 e. The number of hydrogen-bond donors (Lipinski definition) is 1. The van der Waals surface area contributed by atoms with Gasteiger partial charge in [-0.25, -0.2) is 0 Å². The van der Waals surface area contributed by atoms with E-state index >= 15 is 0 Å². The van der Waals surface area contributed by atoms with Gasteiger partial charge in [0.15, 0.2) is 0 Å². The third kappa shape index (κ3) is 4.08. The molecular weight excluding hydrogens is 250 g/mol. The zero-order chi connectivity index (χ0) is 13.7. The first kappa shape index (κ1) is 14.6. The summed E-state index contributed by atoms with van der Waals surface area (Å²) in [6.07, 6.45) is 1.04. The highest BCUT2D eigenvalue weighted by Crippen LogP contribution is 2.20. The van der Waals surface area contributed by atoms with Crippen LogP contribution in [0.5, 0.6) is 0 Å². The summed E-state index contributed by atoms with van der Waals surface area (Å²) in [5, 5.41) is 9.68. The molecule has 1 atom stereocenters. The van der Waals surface area contributed by atoms with Crippen LogP contribution in [0.4, 0.5) is 5.69 Å². The lowest BCUT2D eigenvalue weighted by molar-refractivity contribution is -0.121. The van der Waals surface area contributed by atoms with Gasteiger partial charge in [-0.1, -0.05) is 25.1 Å². The van der Waals surface area contributed by atoms with Crippen molar-refractivity contribution in [2.24, 2.45) is 5.92 Å². The monoisotopic (exact) mass is 267 g/mol. The van der Waals surface area contributed by atoms with Crippen molar-refractivity contribution in [2.75, 3.05) is 11.9 Å². The van der Waals surface area contributed by atoms with Crippen molar-refractivity contribution in [1.82, 2.24) is 0 Å². The van der Waals surface area contributed by atoms with Crippen LogP contribution < -0.4 is 4.90 Å². The minimum Gasteiger partial charge on any atom is -0.513 e. The number of rotatable bonds is 5. The Hall–Kier alpha value is -1.48. The molecule has 1 aromatic rings. The van der Waals surface area contributed by atoms with E-state index in [0.29, 0.717) is 17.9 Å². The predicted octanol–water partition coefficient (Wildman–Crippen LogP) is 3.79. The molecular formula is C14H18ClNO2. The van der Waals surface area contributed by atoms with Crippen LogP contribution in [-0.4, -0.2) is 18.1 Å². The topological polar surface area (TPSA) is 40.5 Å². The molecule has 1 amide bonds. The quantitative estimate of drug-likeness (QED) is 0.825. The van der Waals surface area contributed by atoms with Crippen LogP contribution in [0.2, 0.25) is 5.02 Å². The summed E-state index contributed by atoms with van der Waals surface area (Å²) in [5.74, 6) is -0.0306. The number of halogens is 1. The molecule has 4 heteroatoms. The molecule has 0 saturated heterocycles.